The van der Waals surface area contributed by atoms with Crippen LogP contribution in [0.15, 0.2) is 0 Å². The molecule has 1 aliphatic rings. The Balaban J connectivity index is 2.51. The second kappa shape index (κ2) is 6.61. The third kappa shape index (κ3) is 3.74. The summed E-state index contributed by atoms with van der Waals surface area (Å²) < 4.78 is 0. The minimum Gasteiger partial charge on any atom is -0.394 e. The van der Waals surface area contributed by atoms with Crippen LogP contribution in [0.3, 0.4) is 0 Å². The Bertz CT molecular complexity index is 185. The second-order valence-electron chi connectivity index (χ2n) is 5.66. The van der Waals surface area contributed by atoms with Crippen LogP contribution in [0.2, 0.25) is 0 Å². The van der Waals surface area contributed by atoms with Gasteiger partial charge in [-0.15, -0.1) is 0 Å². The predicted octanol–water partition coefficient (Wildman–Crippen LogP) is 3.10. The Morgan fingerprint density at radius 3 is 2.38 bits per heavy atom. The van der Waals surface area contributed by atoms with E-state index in [2.05, 4.69) is 26.1 Å². The molecule has 0 aromatic rings. The molecule has 0 heterocycles. The fraction of sp³-hybridized carbons (Fsp3) is 1.00. The maximum Gasteiger partial charge on any atom is 0.0613 e. The van der Waals surface area contributed by atoms with E-state index >= 15 is 0 Å². The van der Waals surface area contributed by atoms with Crippen molar-refractivity contribution >= 4 is 0 Å². The fourth-order valence-electron chi connectivity index (χ4n) is 2.82. The normalized spacial score (nSPS) is 32.6. The number of rotatable bonds is 6. The lowest BCUT2D eigenvalue weighted by atomic mass is 9.77. The van der Waals surface area contributed by atoms with Crippen LogP contribution in [-0.4, -0.2) is 23.3 Å². The quantitative estimate of drug-likeness (QED) is 0.731. The Kier molecular flexibility index (Phi) is 5.77. The van der Waals surface area contributed by atoms with E-state index < -0.39 is 0 Å². The van der Waals surface area contributed by atoms with E-state index in [1.54, 1.807) is 0 Å². The molecular formula is C14H29NO. The van der Waals surface area contributed by atoms with Crippen LogP contribution in [0.4, 0.5) is 0 Å². The summed E-state index contributed by atoms with van der Waals surface area (Å²) in [5, 5.41) is 13.4. The molecule has 2 nitrogen and oxygen atoms in total. The van der Waals surface area contributed by atoms with Crippen molar-refractivity contribution in [3.8, 4) is 0 Å². The predicted molar refractivity (Wildman–Crippen MR) is 69.6 cm³/mol. The summed E-state index contributed by atoms with van der Waals surface area (Å²) in [6.45, 7) is 7.10. The van der Waals surface area contributed by atoms with E-state index in [0.29, 0.717) is 12.6 Å². The Hall–Kier alpha value is -0.0800. The second-order valence-corrected chi connectivity index (χ2v) is 5.66. The van der Waals surface area contributed by atoms with Gasteiger partial charge in [0.2, 0.25) is 0 Å². The molecule has 0 amide bonds. The van der Waals surface area contributed by atoms with Gasteiger partial charge < -0.3 is 10.4 Å². The minimum absolute atomic E-state index is 0.0301. The summed E-state index contributed by atoms with van der Waals surface area (Å²) in [6, 6.07) is 0.588. The summed E-state index contributed by atoms with van der Waals surface area (Å²) in [5.74, 6) is 0.840. The molecule has 1 fully saturated rings. The van der Waals surface area contributed by atoms with Crippen molar-refractivity contribution in [1.82, 2.24) is 5.32 Å². The van der Waals surface area contributed by atoms with Crippen LogP contribution in [-0.2, 0) is 0 Å². The minimum atomic E-state index is 0.0301. The van der Waals surface area contributed by atoms with Crippen LogP contribution in [0.5, 0.6) is 0 Å². The number of hydrogen-bond donors (Lipinski definition) is 2. The number of aliphatic hydroxyl groups excluding tert-OH is 1. The molecule has 0 aliphatic heterocycles. The maximum atomic E-state index is 9.68. The van der Waals surface area contributed by atoms with Gasteiger partial charge in [0.15, 0.2) is 0 Å². The summed E-state index contributed by atoms with van der Waals surface area (Å²) >= 11 is 0. The molecule has 0 spiro atoms. The van der Waals surface area contributed by atoms with Gasteiger partial charge in [-0.05, 0) is 44.4 Å². The highest BCUT2D eigenvalue weighted by atomic mass is 16.3. The molecule has 1 saturated carbocycles. The highest BCUT2D eigenvalue weighted by Gasteiger charge is 2.34. The molecule has 1 rings (SSSR count). The van der Waals surface area contributed by atoms with Crippen LogP contribution in [0, 0.1) is 5.92 Å². The zero-order valence-electron chi connectivity index (χ0n) is 11.3. The average molecular weight is 227 g/mol. The molecule has 0 aromatic heterocycles. The van der Waals surface area contributed by atoms with Gasteiger partial charge in [-0.25, -0.2) is 0 Å². The Morgan fingerprint density at radius 1 is 1.31 bits per heavy atom. The first-order valence-electron chi connectivity index (χ1n) is 7.04. The van der Waals surface area contributed by atoms with Crippen molar-refractivity contribution in [2.75, 3.05) is 6.61 Å². The van der Waals surface area contributed by atoms with Gasteiger partial charge in [0, 0.05) is 11.6 Å². The smallest absolute Gasteiger partial charge is 0.0613 e. The standard InChI is InChI=1S/C14H29NO/c1-4-6-13(5-2)15-14(11-16)9-7-12(3)8-10-14/h12-13,15-16H,4-11H2,1-3H3. The van der Waals surface area contributed by atoms with E-state index in [0.717, 1.165) is 18.8 Å². The largest absolute Gasteiger partial charge is 0.394 e. The summed E-state index contributed by atoms with van der Waals surface area (Å²) in [7, 11) is 0. The summed E-state index contributed by atoms with van der Waals surface area (Å²) in [6.07, 6.45) is 8.43. The monoisotopic (exact) mass is 227 g/mol. The lowest BCUT2D eigenvalue weighted by Gasteiger charge is -2.41. The molecule has 96 valence electrons. The van der Waals surface area contributed by atoms with Crippen LogP contribution in [0.1, 0.15) is 65.7 Å². The molecule has 2 N–H and O–H groups in total. The molecule has 1 atom stereocenters. The zero-order valence-corrected chi connectivity index (χ0v) is 11.3. The van der Waals surface area contributed by atoms with E-state index in [9.17, 15) is 5.11 Å². The number of aliphatic hydroxyl groups is 1. The SMILES string of the molecule is CCCC(CC)NC1(CO)CCC(C)CC1. The van der Waals surface area contributed by atoms with Crippen molar-refractivity contribution in [3.63, 3.8) is 0 Å². The fourth-order valence-corrected chi connectivity index (χ4v) is 2.82. The van der Waals surface area contributed by atoms with Crippen LogP contribution < -0.4 is 5.32 Å². The first-order chi connectivity index (χ1) is 7.65. The van der Waals surface area contributed by atoms with E-state index in [1.807, 2.05) is 0 Å². The molecule has 0 saturated heterocycles. The van der Waals surface area contributed by atoms with Gasteiger partial charge in [0.05, 0.1) is 6.61 Å². The third-order valence-electron chi connectivity index (χ3n) is 4.17. The third-order valence-corrected chi connectivity index (χ3v) is 4.17. The lowest BCUT2D eigenvalue weighted by Crippen LogP contribution is -2.54. The van der Waals surface area contributed by atoms with Crippen LogP contribution >= 0.6 is 0 Å². The molecule has 1 aliphatic carbocycles. The van der Waals surface area contributed by atoms with Crippen molar-refractivity contribution in [2.24, 2.45) is 5.92 Å². The van der Waals surface area contributed by atoms with Gasteiger partial charge in [-0.2, -0.15) is 0 Å². The molecular weight excluding hydrogens is 198 g/mol. The molecule has 0 aromatic carbocycles. The Labute approximate surface area is 101 Å². The van der Waals surface area contributed by atoms with Crippen molar-refractivity contribution in [3.05, 3.63) is 0 Å². The highest BCUT2D eigenvalue weighted by Crippen LogP contribution is 2.32. The van der Waals surface area contributed by atoms with Gasteiger partial charge in [0.25, 0.3) is 0 Å². The average Bonchev–Trinajstić information content (AvgIpc) is 2.32. The van der Waals surface area contributed by atoms with Gasteiger partial charge >= 0.3 is 0 Å². The maximum absolute atomic E-state index is 9.68. The van der Waals surface area contributed by atoms with Crippen molar-refractivity contribution in [1.29, 1.82) is 0 Å². The van der Waals surface area contributed by atoms with Crippen LogP contribution in [0.25, 0.3) is 0 Å². The molecule has 1 unspecified atom stereocenters. The molecule has 0 radical (unpaired) electrons. The zero-order chi connectivity index (χ0) is 12.0. The summed E-state index contributed by atoms with van der Waals surface area (Å²) in [4.78, 5) is 0. The number of hydrogen-bond acceptors (Lipinski definition) is 2. The van der Waals surface area contributed by atoms with E-state index in [-0.39, 0.29) is 5.54 Å². The lowest BCUT2D eigenvalue weighted by molar-refractivity contribution is 0.0917. The van der Waals surface area contributed by atoms with E-state index in [4.69, 9.17) is 0 Å². The molecule has 2 heteroatoms. The topological polar surface area (TPSA) is 32.3 Å². The van der Waals surface area contributed by atoms with E-state index in [1.165, 1.54) is 32.1 Å². The first-order valence-corrected chi connectivity index (χ1v) is 7.04. The van der Waals surface area contributed by atoms with Gasteiger partial charge in [-0.1, -0.05) is 27.2 Å². The van der Waals surface area contributed by atoms with Crippen molar-refractivity contribution in [2.45, 2.75) is 77.3 Å². The summed E-state index contributed by atoms with van der Waals surface area (Å²) in [5.41, 5.74) is 0.0301. The number of nitrogens with one attached hydrogen (secondary N) is 1. The van der Waals surface area contributed by atoms with Crippen molar-refractivity contribution < 1.29 is 5.11 Å². The van der Waals surface area contributed by atoms with Gasteiger partial charge in [0.1, 0.15) is 0 Å². The van der Waals surface area contributed by atoms with Gasteiger partial charge in [-0.3, -0.25) is 0 Å². The first kappa shape index (κ1) is 14.0. The molecule has 16 heavy (non-hydrogen) atoms. The highest BCUT2D eigenvalue weighted by molar-refractivity contribution is 4.93. The molecule has 0 bridgehead atoms. The Morgan fingerprint density at radius 2 is 1.94 bits per heavy atom.